The Hall–Kier alpha value is -1.55. The molecule has 0 bridgehead atoms. The van der Waals surface area contributed by atoms with E-state index in [1.54, 1.807) is 0 Å². The van der Waals surface area contributed by atoms with Crippen LogP contribution in [0.3, 0.4) is 0 Å². The number of carbonyl (C=O) groups excluding carboxylic acids is 1. The fraction of sp³-hybridized carbons (Fsp3) is 0.562. The molecule has 1 aromatic carbocycles. The number of hydrogen-bond donors (Lipinski definition) is 1. The van der Waals surface area contributed by atoms with Crippen LogP contribution >= 0.6 is 0 Å². The summed E-state index contributed by atoms with van der Waals surface area (Å²) in [6.07, 6.45) is 3.32. The lowest BCUT2D eigenvalue weighted by Gasteiger charge is -2.20. The molecule has 2 rings (SSSR count). The van der Waals surface area contributed by atoms with Crippen molar-refractivity contribution < 1.29 is 9.53 Å². The van der Waals surface area contributed by atoms with Gasteiger partial charge in [-0.3, -0.25) is 4.79 Å². The van der Waals surface area contributed by atoms with E-state index >= 15 is 0 Å². The number of nitrogens with zero attached hydrogens (tertiary/aromatic N) is 1. The first-order valence-corrected chi connectivity index (χ1v) is 7.40. The molecule has 20 heavy (non-hydrogen) atoms. The van der Waals surface area contributed by atoms with Crippen molar-refractivity contribution in [2.45, 2.75) is 32.2 Å². The molecule has 4 heteroatoms. The zero-order valence-corrected chi connectivity index (χ0v) is 12.4. The molecule has 110 valence electrons. The molecule has 1 aliphatic heterocycles. The Kier molecular flexibility index (Phi) is 5.41. The van der Waals surface area contributed by atoms with Crippen molar-refractivity contribution in [3.63, 3.8) is 0 Å². The summed E-state index contributed by atoms with van der Waals surface area (Å²) in [6.45, 7) is 4.25. The van der Waals surface area contributed by atoms with E-state index in [1.807, 2.05) is 36.2 Å². The van der Waals surface area contributed by atoms with E-state index in [4.69, 9.17) is 4.74 Å². The lowest BCUT2D eigenvalue weighted by Crippen LogP contribution is -2.33. The number of rotatable bonds is 6. The van der Waals surface area contributed by atoms with Gasteiger partial charge in [0.2, 0.25) is 0 Å². The smallest absolute Gasteiger partial charge is 0.257 e. The van der Waals surface area contributed by atoms with Crippen LogP contribution in [-0.4, -0.2) is 43.6 Å². The highest BCUT2D eigenvalue weighted by molar-refractivity contribution is 5.97. The number of para-hydroxylation sites is 1. The van der Waals surface area contributed by atoms with Gasteiger partial charge in [0.15, 0.2) is 0 Å². The van der Waals surface area contributed by atoms with Crippen LogP contribution in [0.4, 0.5) is 0 Å². The van der Waals surface area contributed by atoms with Crippen molar-refractivity contribution in [3.8, 4) is 5.75 Å². The molecule has 1 N–H and O–H groups in total. The van der Waals surface area contributed by atoms with Crippen molar-refractivity contribution in [2.24, 2.45) is 0 Å². The number of carbonyl (C=O) groups is 1. The molecular formula is C16H24N2O2. The summed E-state index contributed by atoms with van der Waals surface area (Å²) in [5.41, 5.74) is 0.689. The summed E-state index contributed by atoms with van der Waals surface area (Å²) in [7, 11) is 1.98. The normalized spacial score (nSPS) is 16.3. The third kappa shape index (κ3) is 3.73. The minimum Gasteiger partial charge on any atom is -0.491 e. The number of hydrogen-bond acceptors (Lipinski definition) is 3. The van der Waals surface area contributed by atoms with Gasteiger partial charge in [-0.25, -0.2) is 0 Å². The predicted molar refractivity (Wildman–Crippen MR) is 80.2 cm³/mol. The maximum atomic E-state index is 12.5. The molecule has 0 aromatic heterocycles. The van der Waals surface area contributed by atoms with Crippen molar-refractivity contribution >= 4 is 5.91 Å². The molecule has 0 radical (unpaired) electrons. The summed E-state index contributed by atoms with van der Waals surface area (Å²) in [5, 5.41) is 3.23. The monoisotopic (exact) mass is 276 g/mol. The number of benzene rings is 1. The van der Waals surface area contributed by atoms with Crippen molar-refractivity contribution in [1.82, 2.24) is 10.2 Å². The van der Waals surface area contributed by atoms with Gasteiger partial charge in [0, 0.05) is 12.6 Å². The highest BCUT2D eigenvalue weighted by atomic mass is 16.5. The van der Waals surface area contributed by atoms with Crippen molar-refractivity contribution in [3.05, 3.63) is 29.8 Å². The summed E-state index contributed by atoms with van der Waals surface area (Å²) >= 11 is 0. The first kappa shape index (κ1) is 14.9. The second-order valence-corrected chi connectivity index (χ2v) is 5.32. The van der Waals surface area contributed by atoms with E-state index in [-0.39, 0.29) is 5.91 Å². The second kappa shape index (κ2) is 7.29. The number of ether oxygens (including phenoxy) is 1. The number of nitrogens with one attached hydrogen (secondary N) is 1. The fourth-order valence-corrected chi connectivity index (χ4v) is 2.42. The zero-order chi connectivity index (χ0) is 14.4. The van der Waals surface area contributed by atoms with E-state index in [0.717, 1.165) is 25.8 Å². The average Bonchev–Trinajstić information content (AvgIpc) is 2.63. The molecule has 1 aliphatic rings. The average molecular weight is 276 g/mol. The molecular weight excluding hydrogens is 252 g/mol. The van der Waals surface area contributed by atoms with E-state index in [9.17, 15) is 4.79 Å². The van der Waals surface area contributed by atoms with Gasteiger partial charge in [-0.1, -0.05) is 18.6 Å². The molecule has 1 amide bonds. The minimum absolute atomic E-state index is 0.0970. The molecule has 1 unspecified atom stereocenters. The Morgan fingerprint density at radius 3 is 2.95 bits per heavy atom. The van der Waals surface area contributed by atoms with E-state index in [0.29, 0.717) is 30.5 Å². The Balaban J connectivity index is 1.88. The maximum absolute atomic E-state index is 12.5. The standard InChI is InChI=1S/C16H24N2O2/c1-13(17-2)7-5-6-10-18-11-12-20-15-9-4-3-8-14(15)16(18)19/h3-4,8-9,13,17H,5-7,10-12H2,1-2H3. The summed E-state index contributed by atoms with van der Waals surface area (Å²) in [4.78, 5) is 14.4. The highest BCUT2D eigenvalue weighted by Crippen LogP contribution is 2.22. The summed E-state index contributed by atoms with van der Waals surface area (Å²) in [6, 6.07) is 8.04. The van der Waals surface area contributed by atoms with Crippen molar-refractivity contribution in [1.29, 1.82) is 0 Å². The van der Waals surface area contributed by atoms with E-state index in [2.05, 4.69) is 12.2 Å². The molecule has 0 fully saturated rings. The number of amides is 1. The van der Waals surface area contributed by atoms with Crippen LogP contribution in [0, 0.1) is 0 Å². The molecule has 0 saturated heterocycles. The van der Waals surface area contributed by atoms with Gasteiger partial charge in [-0.2, -0.15) is 0 Å². The zero-order valence-electron chi connectivity index (χ0n) is 12.4. The lowest BCUT2D eigenvalue weighted by atomic mass is 10.1. The Morgan fingerprint density at radius 2 is 2.15 bits per heavy atom. The Bertz CT molecular complexity index is 448. The van der Waals surface area contributed by atoms with Crippen LogP contribution in [0.2, 0.25) is 0 Å². The third-order valence-electron chi connectivity index (χ3n) is 3.83. The van der Waals surface area contributed by atoms with Gasteiger partial charge < -0.3 is 15.0 Å². The van der Waals surface area contributed by atoms with Crippen LogP contribution in [0.15, 0.2) is 24.3 Å². The fourth-order valence-electron chi connectivity index (χ4n) is 2.42. The molecule has 0 spiro atoms. The molecule has 0 aliphatic carbocycles. The van der Waals surface area contributed by atoms with Gasteiger partial charge in [0.1, 0.15) is 12.4 Å². The van der Waals surface area contributed by atoms with Gasteiger partial charge in [0.25, 0.3) is 5.91 Å². The second-order valence-electron chi connectivity index (χ2n) is 5.32. The van der Waals surface area contributed by atoms with Crippen LogP contribution in [0.25, 0.3) is 0 Å². The minimum atomic E-state index is 0.0970. The highest BCUT2D eigenvalue weighted by Gasteiger charge is 2.22. The van der Waals surface area contributed by atoms with Gasteiger partial charge in [-0.15, -0.1) is 0 Å². The topological polar surface area (TPSA) is 41.6 Å². The first-order chi connectivity index (χ1) is 9.72. The maximum Gasteiger partial charge on any atom is 0.257 e. The van der Waals surface area contributed by atoms with Gasteiger partial charge >= 0.3 is 0 Å². The SMILES string of the molecule is CNC(C)CCCCN1CCOc2ccccc2C1=O. The lowest BCUT2D eigenvalue weighted by molar-refractivity contribution is 0.0752. The molecule has 1 aromatic rings. The summed E-state index contributed by atoms with van der Waals surface area (Å²) < 4.78 is 5.64. The van der Waals surface area contributed by atoms with E-state index < -0.39 is 0 Å². The molecule has 4 nitrogen and oxygen atoms in total. The summed E-state index contributed by atoms with van der Waals surface area (Å²) in [5.74, 6) is 0.809. The first-order valence-electron chi connectivity index (χ1n) is 7.40. The molecule has 0 saturated carbocycles. The molecule has 1 heterocycles. The van der Waals surface area contributed by atoms with Crippen LogP contribution in [-0.2, 0) is 0 Å². The number of fused-ring (bicyclic) bond motifs is 1. The quantitative estimate of drug-likeness (QED) is 0.811. The van der Waals surface area contributed by atoms with Crippen LogP contribution in [0.5, 0.6) is 5.75 Å². The Labute approximate surface area is 121 Å². The third-order valence-corrected chi connectivity index (χ3v) is 3.83. The van der Waals surface area contributed by atoms with Gasteiger partial charge in [0.05, 0.1) is 12.1 Å². The number of unbranched alkanes of at least 4 members (excludes halogenated alkanes) is 1. The Morgan fingerprint density at radius 1 is 1.35 bits per heavy atom. The molecule has 1 atom stereocenters. The predicted octanol–water partition coefficient (Wildman–Crippen LogP) is 2.30. The van der Waals surface area contributed by atoms with Crippen LogP contribution < -0.4 is 10.1 Å². The van der Waals surface area contributed by atoms with E-state index in [1.165, 1.54) is 0 Å². The van der Waals surface area contributed by atoms with Crippen LogP contribution in [0.1, 0.15) is 36.5 Å². The van der Waals surface area contributed by atoms with Gasteiger partial charge in [-0.05, 0) is 38.9 Å². The largest absolute Gasteiger partial charge is 0.491 e. The van der Waals surface area contributed by atoms with Crippen molar-refractivity contribution in [2.75, 3.05) is 26.7 Å².